The molecule has 4 heterocycles. The molecule has 0 radical (unpaired) electrons. The van der Waals surface area contributed by atoms with Crippen molar-refractivity contribution in [2.24, 2.45) is 7.05 Å². The van der Waals surface area contributed by atoms with Gasteiger partial charge in [-0.25, -0.2) is 9.97 Å². The topological polar surface area (TPSA) is 98.1 Å². The molecule has 32 heavy (non-hydrogen) atoms. The number of anilines is 1. The van der Waals surface area contributed by atoms with Gasteiger partial charge in [0.1, 0.15) is 0 Å². The Balaban J connectivity index is 1.33. The zero-order valence-electron chi connectivity index (χ0n) is 17.7. The number of hydrogen-bond donors (Lipinski definition) is 1. The molecule has 1 fully saturated rings. The molecule has 4 aromatic rings. The Hall–Kier alpha value is -3.69. The SMILES string of the molecule is Cn1cc(-c2ccc3cnc(NC(=O)c4ccnc(CN5CCOCC5)c4)nc3c2)cn1. The standard InChI is InChI=1S/C23H23N7O2/c1-29-14-19(13-26-29)16-2-3-18-12-25-23(27-21(18)11-16)28-22(31)17-4-5-24-20(10-17)15-30-6-8-32-9-7-30/h2-5,10-14H,6-9,15H2,1H3,(H,25,27,28,31). The second-order valence-corrected chi connectivity index (χ2v) is 7.75. The number of hydrogen-bond acceptors (Lipinski definition) is 7. The minimum atomic E-state index is -0.265. The van der Waals surface area contributed by atoms with Gasteiger partial charge in [0.25, 0.3) is 5.91 Å². The van der Waals surface area contributed by atoms with E-state index in [-0.39, 0.29) is 11.9 Å². The summed E-state index contributed by atoms with van der Waals surface area (Å²) in [5, 5.41) is 7.92. The second kappa shape index (κ2) is 8.81. The van der Waals surface area contributed by atoms with E-state index in [1.54, 1.807) is 23.1 Å². The average Bonchev–Trinajstić information content (AvgIpc) is 3.26. The Morgan fingerprint density at radius 3 is 2.78 bits per heavy atom. The van der Waals surface area contributed by atoms with Gasteiger partial charge in [0.2, 0.25) is 5.95 Å². The van der Waals surface area contributed by atoms with Crippen molar-refractivity contribution in [2.75, 3.05) is 31.6 Å². The first-order valence-electron chi connectivity index (χ1n) is 10.5. The van der Waals surface area contributed by atoms with Crippen LogP contribution in [0.3, 0.4) is 0 Å². The Morgan fingerprint density at radius 1 is 1.09 bits per heavy atom. The maximum atomic E-state index is 12.8. The third-order valence-corrected chi connectivity index (χ3v) is 5.41. The summed E-state index contributed by atoms with van der Waals surface area (Å²) in [5.41, 5.74) is 4.13. The number of fused-ring (bicyclic) bond motifs is 1. The quantitative estimate of drug-likeness (QED) is 0.520. The third kappa shape index (κ3) is 4.48. The van der Waals surface area contributed by atoms with Crippen LogP contribution in [0.2, 0.25) is 0 Å². The summed E-state index contributed by atoms with van der Waals surface area (Å²) < 4.78 is 7.14. The van der Waals surface area contributed by atoms with Crippen molar-refractivity contribution < 1.29 is 9.53 Å². The molecular formula is C23H23N7O2. The molecule has 0 atom stereocenters. The van der Waals surface area contributed by atoms with Crippen LogP contribution in [0, 0.1) is 0 Å². The van der Waals surface area contributed by atoms with Crippen LogP contribution in [0.25, 0.3) is 22.0 Å². The van der Waals surface area contributed by atoms with Gasteiger partial charge in [0, 0.05) is 61.8 Å². The molecule has 3 aromatic heterocycles. The van der Waals surface area contributed by atoms with Crippen molar-refractivity contribution >= 4 is 22.8 Å². The highest BCUT2D eigenvalue weighted by molar-refractivity contribution is 6.03. The first kappa shape index (κ1) is 20.2. The van der Waals surface area contributed by atoms with Gasteiger partial charge in [-0.05, 0) is 23.8 Å². The van der Waals surface area contributed by atoms with Gasteiger partial charge >= 0.3 is 0 Å². The molecular weight excluding hydrogens is 406 g/mol. The average molecular weight is 429 g/mol. The van der Waals surface area contributed by atoms with Gasteiger partial charge in [-0.3, -0.25) is 24.7 Å². The molecule has 0 bridgehead atoms. The lowest BCUT2D eigenvalue weighted by Crippen LogP contribution is -2.35. The predicted molar refractivity (Wildman–Crippen MR) is 120 cm³/mol. The fraction of sp³-hybridized carbons (Fsp3) is 0.261. The highest BCUT2D eigenvalue weighted by Gasteiger charge is 2.14. The molecule has 5 rings (SSSR count). The minimum Gasteiger partial charge on any atom is -0.379 e. The van der Waals surface area contributed by atoms with E-state index in [0.29, 0.717) is 12.1 Å². The summed E-state index contributed by atoms with van der Waals surface area (Å²) in [7, 11) is 1.88. The van der Waals surface area contributed by atoms with E-state index in [1.807, 2.05) is 43.7 Å². The zero-order chi connectivity index (χ0) is 21.9. The minimum absolute atomic E-state index is 0.261. The molecule has 1 N–H and O–H groups in total. The summed E-state index contributed by atoms with van der Waals surface area (Å²) in [6, 6.07) is 9.45. The number of carbonyl (C=O) groups is 1. The molecule has 1 amide bonds. The molecule has 0 spiro atoms. The maximum absolute atomic E-state index is 12.8. The predicted octanol–water partition coefficient (Wildman–Crippen LogP) is 2.51. The Morgan fingerprint density at radius 2 is 1.97 bits per heavy atom. The van der Waals surface area contributed by atoms with Crippen molar-refractivity contribution in [1.29, 1.82) is 0 Å². The summed E-state index contributed by atoms with van der Waals surface area (Å²) in [4.78, 5) is 28.3. The lowest BCUT2D eigenvalue weighted by Gasteiger charge is -2.26. The number of morpholine rings is 1. The molecule has 0 aliphatic carbocycles. The first-order chi connectivity index (χ1) is 15.6. The largest absolute Gasteiger partial charge is 0.379 e. The summed E-state index contributed by atoms with van der Waals surface area (Å²) >= 11 is 0. The van der Waals surface area contributed by atoms with Gasteiger partial charge < -0.3 is 4.74 Å². The number of carbonyl (C=O) groups excluding carboxylic acids is 1. The molecule has 0 unspecified atom stereocenters. The molecule has 0 saturated carbocycles. The van der Waals surface area contributed by atoms with Crippen LogP contribution < -0.4 is 5.32 Å². The Bertz CT molecular complexity index is 1260. The monoisotopic (exact) mass is 429 g/mol. The van der Waals surface area contributed by atoms with E-state index in [2.05, 4.69) is 30.3 Å². The van der Waals surface area contributed by atoms with Gasteiger partial charge in [-0.1, -0.05) is 12.1 Å². The van der Waals surface area contributed by atoms with E-state index in [0.717, 1.165) is 54.0 Å². The van der Waals surface area contributed by atoms with Gasteiger partial charge in [0.15, 0.2) is 0 Å². The Kier molecular flexibility index (Phi) is 5.57. The van der Waals surface area contributed by atoms with Gasteiger partial charge in [-0.2, -0.15) is 5.10 Å². The van der Waals surface area contributed by atoms with Crippen LogP contribution in [0.1, 0.15) is 16.1 Å². The number of nitrogens with one attached hydrogen (secondary N) is 1. The summed E-state index contributed by atoms with van der Waals surface area (Å²) in [6.45, 7) is 3.87. The van der Waals surface area contributed by atoms with Crippen LogP contribution in [-0.4, -0.2) is 61.8 Å². The van der Waals surface area contributed by atoms with Crippen LogP contribution in [0.4, 0.5) is 5.95 Å². The highest BCUT2D eigenvalue weighted by Crippen LogP contribution is 2.23. The number of rotatable bonds is 5. The first-order valence-corrected chi connectivity index (χ1v) is 10.5. The van der Waals surface area contributed by atoms with Gasteiger partial charge in [-0.15, -0.1) is 0 Å². The molecule has 1 saturated heterocycles. The number of nitrogens with zero attached hydrogens (tertiary/aromatic N) is 6. The number of amides is 1. The van der Waals surface area contributed by atoms with Crippen molar-refractivity contribution in [3.63, 3.8) is 0 Å². The van der Waals surface area contributed by atoms with E-state index in [1.165, 1.54) is 0 Å². The molecule has 1 aliphatic heterocycles. The fourth-order valence-electron chi connectivity index (χ4n) is 3.70. The lowest BCUT2D eigenvalue weighted by atomic mass is 10.1. The van der Waals surface area contributed by atoms with Crippen molar-refractivity contribution in [1.82, 2.24) is 29.6 Å². The molecule has 9 heteroatoms. The van der Waals surface area contributed by atoms with Gasteiger partial charge in [0.05, 0.1) is 30.6 Å². The lowest BCUT2D eigenvalue weighted by molar-refractivity contribution is 0.0336. The normalized spacial score (nSPS) is 14.5. The van der Waals surface area contributed by atoms with Crippen molar-refractivity contribution in [3.05, 3.63) is 66.4 Å². The van der Waals surface area contributed by atoms with Crippen LogP contribution in [0.15, 0.2) is 55.1 Å². The molecule has 9 nitrogen and oxygen atoms in total. The van der Waals surface area contributed by atoms with Crippen LogP contribution >= 0.6 is 0 Å². The molecule has 1 aromatic carbocycles. The van der Waals surface area contributed by atoms with E-state index in [9.17, 15) is 4.79 Å². The maximum Gasteiger partial charge on any atom is 0.258 e. The zero-order valence-corrected chi connectivity index (χ0v) is 17.7. The fourth-order valence-corrected chi connectivity index (χ4v) is 3.70. The smallest absolute Gasteiger partial charge is 0.258 e. The van der Waals surface area contributed by atoms with E-state index in [4.69, 9.17) is 4.74 Å². The summed E-state index contributed by atoms with van der Waals surface area (Å²) in [5.74, 6) is -0.00392. The second-order valence-electron chi connectivity index (χ2n) is 7.75. The number of aromatic nitrogens is 5. The van der Waals surface area contributed by atoms with Crippen LogP contribution in [-0.2, 0) is 18.3 Å². The van der Waals surface area contributed by atoms with E-state index < -0.39 is 0 Å². The Labute approximate surface area is 185 Å². The van der Waals surface area contributed by atoms with Crippen LogP contribution in [0.5, 0.6) is 0 Å². The third-order valence-electron chi connectivity index (χ3n) is 5.41. The summed E-state index contributed by atoms with van der Waals surface area (Å²) in [6.07, 6.45) is 7.12. The number of pyridine rings is 1. The number of benzene rings is 1. The number of ether oxygens (including phenoxy) is 1. The number of aryl methyl sites for hydroxylation is 1. The molecule has 162 valence electrons. The van der Waals surface area contributed by atoms with Crippen molar-refractivity contribution in [3.8, 4) is 11.1 Å². The molecule has 1 aliphatic rings. The van der Waals surface area contributed by atoms with Crippen molar-refractivity contribution in [2.45, 2.75) is 6.54 Å². The van der Waals surface area contributed by atoms with E-state index >= 15 is 0 Å². The highest BCUT2D eigenvalue weighted by atomic mass is 16.5.